The number of nitrogens with one attached hydrogen (secondary N) is 1. The molecule has 2 N–H and O–H groups in total. The van der Waals surface area contributed by atoms with E-state index in [-0.39, 0.29) is 5.91 Å². The van der Waals surface area contributed by atoms with Crippen LogP contribution in [-0.2, 0) is 4.79 Å². The molecule has 0 bridgehead atoms. The summed E-state index contributed by atoms with van der Waals surface area (Å²) in [4.78, 5) is 13.5. The lowest BCUT2D eigenvalue weighted by Gasteiger charge is -2.19. The second-order valence-corrected chi connectivity index (χ2v) is 4.44. The largest absolute Gasteiger partial charge is 0.391 e. The summed E-state index contributed by atoms with van der Waals surface area (Å²) in [5, 5.41) is 12.3. The first kappa shape index (κ1) is 14.5. The van der Waals surface area contributed by atoms with Gasteiger partial charge in [-0.2, -0.15) is 0 Å². The number of anilines is 1. The summed E-state index contributed by atoms with van der Waals surface area (Å²) < 4.78 is 0. The van der Waals surface area contributed by atoms with Crippen LogP contribution in [0.4, 0.5) is 5.69 Å². The second-order valence-electron chi connectivity index (χ2n) is 4.44. The van der Waals surface area contributed by atoms with Crippen LogP contribution < -0.4 is 10.2 Å². The molecular formula is C14H22N2O2. The van der Waals surface area contributed by atoms with Crippen molar-refractivity contribution in [1.29, 1.82) is 0 Å². The maximum Gasteiger partial charge on any atom is 0.239 e. The number of aliphatic hydroxyl groups is 1. The SMILES string of the molecule is CCCC(O)CNC(=O)CN(C)c1ccccc1. The van der Waals surface area contributed by atoms with Gasteiger partial charge in [0.05, 0.1) is 12.6 Å². The molecule has 0 aromatic heterocycles. The molecule has 0 aliphatic heterocycles. The first-order valence-electron chi connectivity index (χ1n) is 6.34. The van der Waals surface area contributed by atoms with Crippen LogP contribution in [0.2, 0.25) is 0 Å². The molecular weight excluding hydrogens is 228 g/mol. The number of carbonyl (C=O) groups excluding carboxylic acids is 1. The number of amides is 1. The molecule has 1 unspecified atom stereocenters. The lowest BCUT2D eigenvalue weighted by Crippen LogP contribution is -2.38. The third-order valence-corrected chi connectivity index (χ3v) is 2.73. The van der Waals surface area contributed by atoms with Gasteiger partial charge in [0.1, 0.15) is 0 Å². The number of nitrogens with zero attached hydrogens (tertiary/aromatic N) is 1. The minimum Gasteiger partial charge on any atom is -0.391 e. The van der Waals surface area contributed by atoms with Gasteiger partial charge in [-0.05, 0) is 18.6 Å². The molecule has 100 valence electrons. The molecule has 0 radical (unpaired) electrons. The molecule has 1 amide bonds. The molecule has 0 aliphatic rings. The highest BCUT2D eigenvalue weighted by Crippen LogP contribution is 2.09. The average molecular weight is 250 g/mol. The zero-order valence-electron chi connectivity index (χ0n) is 11.1. The molecule has 4 nitrogen and oxygen atoms in total. The molecule has 0 saturated carbocycles. The van der Waals surface area contributed by atoms with Gasteiger partial charge in [0, 0.05) is 19.3 Å². The van der Waals surface area contributed by atoms with E-state index in [2.05, 4.69) is 5.32 Å². The predicted molar refractivity (Wildman–Crippen MR) is 73.6 cm³/mol. The molecule has 1 aromatic carbocycles. The van der Waals surface area contributed by atoms with Crippen molar-refractivity contribution < 1.29 is 9.90 Å². The maximum absolute atomic E-state index is 11.7. The number of benzene rings is 1. The number of likely N-dealkylation sites (N-methyl/N-ethyl adjacent to an activating group) is 1. The summed E-state index contributed by atoms with van der Waals surface area (Å²) in [6.07, 6.45) is 1.19. The summed E-state index contributed by atoms with van der Waals surface area (Å²) in [6.45, 7) is 2.63. The third-order valence-electron chi connectivity index (χ3n) is 2.73. The van der Waals surface area contributed by atoms with Gasteiger partial charge in [-0.25, -0.2) is 0 Å². The Labute approximate surface area is 109 Å². The van der Waals surface area contributed by atoms with E-state index in [0.717, 1.165) is 18.5 Å². The van der Waals surface area contributed by atoms with Crippen LogP contribution >= 0.6 is 0 Å². The number of rotatable bonds is 7. The van der Waals surface area contributed by atoms with Crippen LogP contribution in [0.25, 0.3) is 0 Å². The molecule has 4 heteroatoms. The van der Waals surface area contributed by atoms with Gasteiger partial charge in [-0.1, -0.05) is 31.5 Å². The normalized spacial score (nSPS) is 11.9. The van der Waals surface area contributed by atoms with Crippen molar-refractivity contribution in [2.24, 2.45) is 0 Å². The smallest absolute Gasteiger partial charge is 0.239 e. The average Bonchev–Trinajstić information content (AvgIpc) is 2.38. The Balaban J connectivity index is 2.32. The van der Waals surface area contributed by atoms with E-state index in [4.69, 9.17) is 0 Å². The number of hydrogen-bond donors (Lipinski definition) is 2. The van der Waals surface area contributed by atoms with Crippen LogP contribution in [0.5, 0.6) is 0 Å². The topological polar surface area (TPSA) is 52.6 Å². The van der Waals surface area contributed by atoms with E-state index in [1.54, 1.807) is 0 Å². The van der Waals surface area contributed by atoms with Crippen LogP contribution in [0.1, 0.15) is 19.8 Å². The Morgan fingerprint density at radius 1 is 1.39 bits per heavy atom. The van der Waals surface area contributed by atoms with Gasteiger partial charge in [-0.15, -0.1) is 0 Å². The van der Waals surface area contributed by atoms with E-state index in [0.29, 0.717) is 13.1 Å². The predicted octanol–water partition coefficient (Wildman–Crippen LogP) is 1.40. The molecule has 1 atom stereocenters. The second kappa shape index (κ2) is 7.71. The molecule has 1 rings (SSSR count). The fourth-order valence-electron chi connectivity index (χ4n) is 1.71. The highest BCUT2D eigenvalue weighted by molar-refractivity contribution is 5.81. The fraction of sp³-hybridized carbons (Fsp3) is 0.500. The Kier molecular flexibility index (Phi) is 6.22. The van der Waals surface area contributed by atoms with Crippen molar-refractivity contribution in [3.8, 4) is 0 Å². The third kappa shape index (κ3) is 5.19. The van der Waals surface area contributed by atoms with Crippen molar-refractivity contribution in [3.63, 3.8) is 0 Å². The first-order chi connectivity index (χ1) is 8.63. The molecule has 18 heavy (non-hydrogen) atoms. The number of aliphatic hydroxyl groups excluding tert-OH is 1. The molecule has 0 heterocycles. The molecule has 0 saturated heterocycles. The standard InChI is InChI=1S/C14H22N2O2/c1-3-7-13(17)10-15-14(18)11-16(2)12-8-5-4-6-9-12/h4-6,8-9,13,17H,3,7,10-11H2,1-2H3,(H,15,18). The van der Waals surface area contributed by atoms with Crippen molar-refractivity contribution in [1.82, 2.24) is 5.32 Å². The van der Waals surface area contributed by atoms with Crippen molar-refractivity contribution in [2.45, 2.75) is 25.9 Å². The van der Waals surface area contributed by atoms with Crippen LogP contribution in [0.15, 0.2) is 30.3 Å². The van der Waals surface area contributed by atoms with Gasteiger partial charge < -0.3 is 15.3 Å². The minimum atomic E-state index is -0.444. The Bertz CT molecular complexity index is 354. The van der Waals surface area contributed by atoms with Gasteiger partial charge in [0.2, 0.25) is 5.91 Å². The summed E-state index contributed by atoms with van der Waals surface area (Å²) in [5.74, 6) is -0.0727. The number of carbonyl (C=O) groups is 1. The van der Waals surface area contributed by atoms with Crippen molar-refractivity contribution in [2.75, 3.05) is 25.0 Å². The van der Waals surface area contributed by atoms with E-state index in [9.17, 15) is 9.90 Å². The van der Waals surface area contributed by atoms with Crippen LogP contribution in [-0.4, -0.2) is 37.3 Å². The number of hydrogen-bond acceptors (Lipinski definition) is 3. The van der Waals surface area contributed by atoms with Gasteiger partial charge in [0.25, 0.3) is 0 Å². The van der Waals surface area contributed by atoms with Gasteiger partial charge in [0.15, 0.2) is 0 Å². The lowest BCUT2D eigenvalue weighted by atomic mass is 10.2. The zero-order valence-corrected chi connectivity index (χ0v) is 11.1. The fourth-order valence-corrected chi connectivity index (χ4v) is 1.71. The summed E-state index contributed by atoms with van der Waals surface area (Å²) in [5.41, 5.74) is 1.00. The quantitative estimate of drug-likeness (QED) is 0.769. The molecule has 1 aromatic rings. The Morgan fingerprint density at radius 3 is 2.67 bits per heavy atom. The summed E-state index contributed by atoms with van der Waals surface area (Å²) >= 11 is 0. The van der Waals surface area contributed by atoms with Crippen molar-refractivity contribution >= 4 is 11.6 Å². The molecule has 0 fully saturated rings. The highest BCUT2D eigenvalue weighted by Gasteiger charge is 2.09. The van der Waals surface area contributed by atoms with E-state index < -0.39 is 6.10 Å². The van der Waals surface area contributed by atoms with Crippen LogP contribution in [0.3, 0.4) is 0 Å². The van der Waals surface area contributed by atoms with Gasteiger partial charge >= 0.3 is 0 Å². The van der Waals surface area contributed by atoms with Crippen molar-refractivity contribution in [3.05, 3.63) is 30.3 Å². The summed E-state index contributed by atoms with van der Waals surface area (Å²) in [7, 11) is 1.87. The molecule has 0 aliphatic carbocycles. The van der Waals surface area contributed by atoms with E-state index >= 15 is 0 Å². The monoisotopic (exact) mass is 250 g/mol. The highest BCUT2D eigenvalue weighted by atomic mass is 16.3. The van der Waals surface area contributed by atoms with E-state index in [1.165, 1.54) is 0 Å². The zero-order chi connectivity index (χ0) is 13.4. The summed E-state index contributed by atoms with van der Waals surface area (Å²) in [6, 6.07) is 9.74. The Morgan fingerprint density at radius 2 is 2.06 bits per heavy atom. The van der Waals surface area contributed by atoms with E-state index in [1.807, 2.05) is 49.2 Å². The van der Waals surface area contributed by atoms with Gasteiger partial charge in [-0.3, -0.25) is 4.79 Å². The Hall–Kier alpha value is -1.55. The lowest BCUT2D eigenvalue weighted by molar-refractivity contribution is -0.120. The maximum atomic E-state index is 11.7. The molecule has 0 spiro atoms. The first-order valence-corrected chi connectivity index (χ1v) is 6.34. The number of para-hydroxylation sites is 1. The minimum absolute atomic E-state index is 0.0727. The van der Waals surface area contributed by atoms with Crippen LogP contribution in [0, 0.1) is 0 Å².